The minimum Gasteiger partial charge on any atom is -0.352 e. The summed E-state index contributed by atoms with van der Waals surface area (Å²) in [6.07, 6.45) is 2.65. The molecule has 2 aromatic heterocycles. The normalized spacial score (nSPS) is 17.7. The highest BCUT2D eigenvalue weighted by Crippen LogP contribution is 2.15. The van der Waals surface area contributed by atoms with E-state index in [4.69, 9.17) is 0 Å². The van der Waals surface area contributed by atoms with E-state index in [0.29, 0.717) is 0 Å². The third kappa shape index (κ3) is 2.93. The van der Waals surface area contributed by atoms with Gasteiger partial charge in [0.2, 0.25) is 5.95 Å². The lowest BCUT2D eigenvalue weighted by atomic mass is 9.99. The molecule has 1 N–H and O–H groups in total. The van der Waals surface area contributed by atoms with Crippen LogP contribution in [0.15, 0.2) is 18.2 Å². The van der Waals surface area contributed by atoms with Crippen molar-refractivity contribution in [3.05, 3.63) is 23.9 Å². The van der Waals surface area contributed by atoms with Crippen LogP contribution >= 0.6 is 0 Å². The zero-order chi connectivity index (χ0) is 13.9. The van der Waals surface area contributed by atoms with Crippen molar-refractivity contribution in [3.63, 3.8) is 0 Å². The molecular weight excluding hydrogens is 250 g/mol. The highest BCUT2D eigenvalue weighted by molar-refractivity contribution is 5.44. The summed E-state index contributed by atoms with van der Waals surface area (Å²) >= 11 is 0. The summed E-state index contributed by atoms with van der Waals surface area (Å²) in [5.41, 5.74) is 2.01. The van der Waals surface area contributed by atoms with Gasteiger partial charge >= 0.3 is 0 Å². The van der Waals surface area contributed by atoms with Gasteiger partial charge in [-0.15, -0.1) is 5.10 Å². The van der Waals surface area contributed by atoms with Crippen molar-refractivity contribution in [1.29, 1.82) is 0 Å². The van der Waals surface area contributed by atoms with Gasteiger partial charge in [-0.1, -0.05) is 13.0 Å². The van der Waals surface area contributed by atoms with Gasteiger partial charge < -0.3 is 10.2 Å². The average Bonchev–Trinajstić information content (AvgIpc) is 2.85. The van der Waals surface area contributed by atoms with Crippen LogP contribution in [0.2, 0.25) is 0 Å². The number of fused-ring (bicyclic) bond motifs is 1. The smallest absolute Gasteiger partial charge is 0.243 e. The minimum absolute atomic E-state index is 0.727. The summed E-state index contributed by atoms with van der Waals surface area (Å²) in [4.78, 5) is 7.01. The Morgan fingerprint density at radius 2 is 2.10 bits per heavy atom. The van der Waals surface area contributed by atoms with Crippen LogP contribution in [0, 0.1) is 12.8 Å². The fourth-order valence-electron chi connectivity index (χ4n) is 2.72. The van der Waals surface area contributed by atoms with Crippen LogP contribution in [0.3, 0.4) is 0 Å². The molecule has 5 nitrogen and oxygen atoms in total. The molecule has 108 valence electrons. The Hall–Kier alpha value is -1.62. The van der Waals surface area contributed by atoms with E-state index < -0.39 is 0 Å². The number of anilines is 1. The van der Waals surface area contributed by atoms with Crippen LogP contribution < -0.4 is 5.32 Å². The first-order chi connectivity index (χ1) is 9.72. The molecule has 0 saturated carbocycles. The third-order valence-corrected chi connectivity index (χ3v) is 4.14. The molecule has 20 heavy (non-hydrogen) atoms. The average molecular weight is 273 g/mol. The van der Waals surface area contributed by atoms with Gasteiger partial charge in [0, 0.05) is 18.8 Å². The van der Waals surface area contributed by atoms with Gasteiger partial charge in [0.05, 0.1) is 0 Å². The van der Waals surface area contributed by atoms with Gasteiger partial charge in [0.15, 0.2) is 5.65 Å². The van der Waals surface area contributed by atoms with E-state index in [-0.39, 0.29) is 0 Å². The first kappa shape index (κ1) is 13.4. The number of nitrogens with one attached hydrogen (secondary N) is 1. The summed E-state index contributed by atoms with van der Waals surface area (Å²) in [5.74, 6) is 1.62. The van der Waals surface area contributed by atoms with Crippen LogP contribution in [0.1, 0.15) is 25.5 Å². The van der Waals surface area contributed by atoms with E-state index in [2.05, 4.69) is 27.2 Å². The summed E-state index contributed by atoms with van der Waals surface area (Å²) in [6.45, 7) is 8.81. The lowest BCUT2D eigenvalue weighted by Gasteiger charge is -2.29. The summed E-state index contributed by atoms with van der Waals surface area (Å²) in [5, 5.41) is 7.82. The molecule has 0 atom stereocenters. The lowest BCUT2D eigenvalue weighted by molar-refractivity contribution is 0.199. The molecule has 2 aromatic rings. The van der Waals surface area contributed by atoms with Crippen molar-refractivity contribution < 1.29 is 0 Å². The zero-order valence-electron chi connectivity index (χ0n) is 12.3. The lowest BCUT2D eigenvalue weighted by Crippen LogP contribution is -2.36. The minimum atomic E-state index is 0.727. The topological polar surface area (TPSA) is 45.5 Å². The molecule has 0 radical (unpaired) electrons. The third-order valence-electron chi connectivity index (χ3n) is 4.14. The monoisotopic (exact) mass is 273 g/mol. The highest BCUT2D eigenvalue weighted by atomic mass is 15.4. The van der Waals surface area contributed by atoms with Crippen molar-refractivity contribution in [2.45, 2.75) is 26.7 Å². The van der Waals surface area contributed by atoms with E-state index in [1.807, 2.05) is 29.6 Å². The van der Waals surface area contributed by atoms with E-state index in [9.17, 15) is 0 Å². The second-order valence-corrected chi connectivity index (χ2v) is 5.82. The van der Waals surface area contributed by atoms with E-state index in [1.54, 1.807) is 0 Å². The fourth-order valence-corrected chi connectivity index (χ4v) is 2.72. The van der Waals surface area contributed by atoms with Crippen molar-refractivity contribution in [2.24, 2.45) is 5.92 Å². The predicted octanol–water partition coefficient (Wildman–Crippen LogP) is 2.18. The number of hydrogen-bond donors (Lipinski definition) is 1. The van der Waals surface area contributed by atoms with Crippen molar-refractivity contribution in [1.82, 2.24) is 19.5 Å². The Morgan fingerprint density at radius 3 is 2.85 bits per heavy atom. The van der Waals surface area contributed by atoms with E-state index in [0.717, 1.165) is 36.3 Å². The number of piperidine rings is 1. The maximum absolute atomic E-state index is 4.49. The Bertz CT molecular complexity index is 569. The second kappa shape index (κ2) is 5.79. The van der Waals surface area contributed by atoms with Crippen molar-refractivity contribution in [3.8, 4) is 0 Å². The first-order valence-electron chi connectivity index (χ1n) is 7.51. The molecule has 5 heteroatoms. The molecule has 1 fully saturated rings. The summed E-state index contributed by atoms with van der Waals surface area (Å²) < 4.78 is 1.88. The number of nitrogens with zero attached hydrogens (tertiary/aromatic N) is 4. The number of aryl methyl sites for hydroxylation is 1. The number of pyridine rings is 1. The number of hydrogen-bond acceptors (Lipinski definition) is 4. The number of rotatable bonds is 4. The molecule has 0 amide bonds. The molecular formula is C15H23N5. The van der Waals surface area contributed by atoms with Crippen LogP contribution in [0.4, 0.5) is 5.95 Å². The predicted molar refractivity (Wildman–Crippen MR) is 81.1 cm³/mol. The standard InChI is InChI=1S/C15H23N5/c1-12-6-9-19(10-7-12)11-8-16-15-17-14-5-3-4-13(2)20(14)18-15/h3-5,12H,6-11H2,1-2H3,(H,16,18). The quantitative estimate of drug-likeness (QED) is 0.927. The van der Waals surface area contributed by atoms with Gasteiger partial charge in [-0.2, -0.15) is 4.98 Å². The Kier molecular flexibility index (Phi) is 3.87. The van der Waals surface area contributed by atoms with Gasteiger partial charge in [0.1, 0.15) is 0 Å². The Balaban J connectivity index is 1.53. The molecule has 1 aliphatic heterocycles. The number of likely N-dealkylation sites (tertiary alicyclic amines) is 1. The Labute approximate surface area is 120 Å². The molecule has 3 heterocycles. The van der Waals surface area contributed by atoms with Crippen LogP contribution in [-0.2, 0) is 0 Å². The van der Waals surface area contributed by atoms with Gasteiger partial charge in [-0.05, 0) is 50.9 Å². The summed E-state index contributed by atoms with van der Waals surface area (Å²) in [7, 11) is 0. The SMILES string of the molecule is Cc1cccc2nc(NCCN3CCC(C)CC3)nn12. The molecule has 0 unspecified atom stereocenters. The van der Waals surface area contributed by atoms with E-state index in [1.165, 1.54) is 25.9 Å². The van der Waals surface area contributed by atoms with Gasteiger partial charge in [-0.3, -0.25) is 0 Å². The van der Waals surface area contributed by atoms with Gasteiger partial charge in [0.25, 0.3) is 0 Å². The largest absolute Gasteiger partial charge is 0.352 e. The van der Waals surface area contributed by atoms with Crippen LogP contribution in [-0.4, -0.2) is 45.7 Å². The van der Waals surface area contributed by atoms with Gasteiger partial charge in [-0.25, -0.2) is 4.52 Å². The molecule has 3 rings (SSSR count). The maximum atomic E-state index is 4.49. The Morgan fingerprint density at radius 1 is 1.30 bits per heavy atom. The van der Waals surface area contributed by atoms with Crippen molar-refractivity contribution >= 4 is 11.6 Å². The van der Waals surface area contributed by atoms with Crippen molar-refractivity contribution in [2.75, 3.05) is 31.5 Å². The molecule has 0 spiro atoms. The molecule has 0 aliphatic carbocycles. The molecule has 0 aromatic carbocycles. The molecule has 0 bridgehead atoms. The number of aromatic nitrogens is 3. The summed E-state index contributed by atoms with van der Waals surface area (Å²) in [6, 6.07) is 6.04. The van der Waals surface area contributed by atoms with Crippen LogP contribution in [0.25, 0.3) is 5.65 Å². The maximum Gasteiger partial charge on any atom is 0.243 e. The van der Waals surface area contributed by atoms with Crippen LogP contribution in [0.5, 0.6) is 0 Å². The second-order valence-electron chi connectivity index (χ2n) is 5.82. The first-order valence-corrected chi connectivity index (χ1v) is 7.51. The highest BCUT2D eigenvalue weighted by Gasteiger charge is 2.15. The molecule has 1 saturated heterocycles. The fraction of sp³-hybridized carbons (Fsp3) is 0.600. The zero-order valence-corrected chi connectivity index (χ0v) is 12.3. The van der Waals surface area contributed by atoms with E-state index >= 15 is 0 Å². The molecule has 1 aliphatic rings.